The summed E-state index contributed by atoms with van der Waals surface area (Å²) < 4.78 is 0. The molecule has 0 aliphatic heterocycles. The normalized spacial score (nSPS) is 11.1. The van der Waals surface area contributed by atoms with Crippen LogP contribution in [-0.2, 0) is 0 Å². The van der Waals surface area contributed by atoms with Gasteiger partial charge in [0, 0.05) is 18.0 Å². The molecular weight excluding hydrogens is 302 g/mol. The van der Waals surface area contributed by atoms with Crippen LogP contribution >= 0.6 is 11.3 Å². The average Bonchev–Trinajstić information content (AvgIpc) is 2.89. The van der Waals surface area contributed by atoms with Crippen LogP contribution in [0.2, 0.25) is 0 Å². The average molecular weight is 334 g/mol. The molecule has 1 rings (SSSR count). The summed E-state index contributed by atoms with van der Waals surface area (Å²) in [5.41, 5.74) is 1.90. The SMILES string of the molecule is C=C(CN(C)C)c1cc(C#CC(C)CCC)sc1C=O.CCC. The van der Waals surface area contributed by atoms with E-state index in [1.54, 1.807) is 0 Å². The van der Waals surface area contributed by atoms with Crippen LogP contribution in [0.5, 0.6) is 0 Å². The largest absolute Gasteiger partial charge is 0.305 e. The van der Waals surface area contributed by atoms with Crippen molar-refractivity contribution in [1.29, 1.82) is 0 Å². The van der Waals surface area contributed by atoms with Crippen molar-refractivity contribution in [2.24, 2.45) is 5.92 Å². The monoisotopic (exact) mass is 333 g/mol. The molecule has 0 aliphatic rings. The van der Waals surface area contributed by atoms with E-state index in [9.17, 15) is 4.79 Å². The Morgan fingerprint density at radius 2 is 2.00 bits per heavy atom. The molecule has 0 amide bonds. The Kier molecular flexibility index (Phi) is 11.4. The van der Waals surface area contributed by atoms with Crippen molar-refractivity contribution >= 4 is 23.2 Å². The quantitative estimate of drug-likeness (QED) is 0.517. The first-order chi connectivity index (χ1) is 10.9. The zero-order valence-corrected chi connectivity index (χ0v) is 16.3. The first kappa shape index (κ1) is 21.6. The van der Waals surface area contributed by atoms with Crippen molar-refractivity contribution in [3.05, 3.63) is 28.0 Å². The Morgan fingerprint density at radius 1 is 1.39 bits per heavy atom. The summed E-state index contributed by atoms with van der Waals surface area (Å²) in [6.45, 7) is 13.4. The molecular formula is C20H31NOS. The van der Waals surface area contributed by atoms with Crippen molar-refractivity contribution in [2.75, 3.05) is 20.6 Å². The van der Waals surface area contributed by atoms with E-state index in [0.29, 0.717) is 5.92 Å². The molecule has 0 aromatic carbocycles. The van der Waals surface area contributed by atoms with Crippen molar-refractivity contribution < 1.29 is 4.79 Å². The van der Waals surface area contributed by atoms with Gasteiger partial charge in [-0.25, -0.2) is 0 Å². The van der Waals surface area contributed by atoms with E-state index in [1.807, 2.05) is 25.1 Å². The van der Waals surface area contributed by atoms with Gasteiger partial charge in [0.1, 0.15) is 0 Å². The third-order valence-electron chi connectivity index (χ3n) is 2.92. The van der Waals surface area contributed by atoms with Crippen LogP contribution in [-0.4, -0.2) is 31.8 Å². The maximum Gasteiger partial charge on any atom is 0.160 e. The van der Waals surface area contributed by atoms with Gasteiger partial charge in [-0.15, -0.1) is 11.3 Å². The van der Waals surface area contributed by atoms with Gasteiger partial charge in [0.2, 0.25) is 0 Å². The minimum Gasteiger partial charge on any atom is -0.305 e. The smallest absolute Gasteiger partial charge is 0.160 e. The van der Waals surface area contributed by atoms with Crippen LogP contribution in [0.15, 0.2) is 12.6 Å². The number of thiophene rings is 1. The van der Waals surface area contributed by atoms with Gasteiger partial charge in [0.25, 0.3) is 0 Å². The number of aldehydes is 1. The molecule has 1 aromatic heterocycles. The van der Waals surface area contributed by atoms with Gasteiger partial charge in [-0.1, -0.05) is 59.0 Å². The molecule has 1 unspecified atom stereocenters. The lowest BCUT2D eigenvalue weighted by Gasteiger charge is -2.11. The second-order valence-electron chi connectivity index (χ2n) is 6.01. The van der Waals surface area contributed by atoms with Crippen LogP contribution < -0.4 is 0 Å². The lowest BCUT2D eigenvalue weighted by Crippen LogP contribution is -2.14. The maximum atomic E-state index is 11.2. The Morgan fingerprint density at radius 3 is 2.48 bits per heavy atom. The summed E-state index contributed by atoms with van der Waals surface area (Å²) in [5.74, 6) is 6.83. The molecule has 1 heterocycles. The number of carbonyl (C=O) groups excluding carboxylic acids is 1. The predicted molar refractivity (Wildman–Crippen MR) is 104 cm³/mol. The molecule has 23 heavy (non-hydrogen) atoms. The molecule has 0 fully saturated rings. The molecule has 2 nitrogen and oxygen atoms in total. The molecule has 0 aliphatic carbocycles. The zero-order valence-electron chi connectivity index (χ0n) is 15.5. The highest BCUT2D eigenvalue weighted by Gasteiger charge is 2.11. The summed E-state index contributed by atoms with van der Waals surface area (Å²) in [4.78, 5) is 14.9. The number of rotatable bonds is 6. The Labute approximate surface area is 146 Å². The fourth-order valence-electron chi connectivity index (χ4n) is 2.00. The Bertz CT molecular complexity index is 546. The molecule has 1 aromatic rings. The standard InChI is InChI=1S/C17H23NOS.C3H8/c1-6-7-13(2)8-9-15-10-16(17(12-19)20-15)14(3)11-18(4)5;1-3-2/h10,12-13H,3,6-7,11H2,1-2,4-5H3;3H2,1-2H3. The summed E-state index contributed by atoms with van der Waals surface area (Å²) in [5, 5.41) is 0. The van der Waals surface area contributed by atoms with E-state index in [0.717, 1.165) is 46.6 Å². The fourth-order valence-corrected chi connectivity index (χ4v) is 2.88. The fraction of sp³-hybridized carbons (Fsp3) is 0.550. The van der Waals surface area contributed by atoms with Crippen molar-refractivity contribution in [2.45, 2.75) is 47.0 Å². The molecule has 3 heteroatoms. The summed E-state index contributed by atoms with van der Waals surface area (Å²) >= 11 is 1.45. The van der Waals surface area contributed by atoms with Gasteiger partial charge in [0.05, 0.1) is 9.75 Å². The number of likely N-dealkylation sites (N-methyl/N-ethyl adjacent to an activating group) is 1. The summed E-state index contributed by atoms with van der Waals surface area (Å²) in [6, 6.07) is 1.99. The van der Waals surface area contributed by atoms with Crippen LogP contribution in [0, 0.1) is 17.8 Å². The van der Waals surface area contributed by atoms with E-state index in [4.69, 9.17) is 0 Å². The van der Waals surface area contributed by atoms with E-state index in [-0.39, 0.29) is 0 Å². The minimum absolute atomic E-state index is 0.398. The molecule has 0 saturated carbocycles. The molecule has 128 valence electrons. The van der Waals surface area contributed by atoms with Crippen LogP contribution in [0.3, 0.4) is 0 Å². The third kappa shape index (κ3) is 8.74. The number of hydrogen-bond acceptors (Lipinski definition) is 3. The van der Waals surface area contributed by atoms with Gasteiger partial charge >= 0.3 is 0 Å². The summed E-state index contributed by atoms with van der Waals surface area (Å²) in [6.07, 6.45) is 4.41. The molecule has 1 atom stereocenters. The minimum atomic E-state index is 0.398. The second-order valence-corrected chi connectivity index (χ2v) is 7.10. The highest BCUT2D eigenvalue weighted by atomic mass is 32.1. The Hall–Kier alpha value is -1.37. The van der Waals surface area contributed by atoms with Crippen molar-refractivity contribution in [1.82, 2.24) is 4.90 Å². The van der Waals surface area contributed by atoms with Gasteiger partial charge in [-0.05, 0) is 32.2 Å². The maximum absolute atomic E-state index is 11.2. The highest BCUT2D eigenvalue weighted by molar-refractivity contribution is 7.14. The number of hydrogen-bond donors (Lipinski definition) is 0. The molecule has 0 N–H and O–H groups in total. The van der Waals surface area contributed by atoms with Gasteiger partial charge in [-0.3, -0.25) is 4.79 Å². The van der Waals surface area contributed by atoms with Crippen LogP contribution in [0.25, 0.3) is 5.57 Å². The van der Waals surface area contributed by atoms with E-state index < -0.39 is 0 Å². The molecule has 0 bridgehead atoms. The number of carbonyl (C=O) groups is 1. The Balaban J connectivity index is 0.00000149. The van der Waals surface area contributed by atoms with Gasteiger partial charge in [-0.2, -0.15) is 0 Å². The van der Waals surface area contributed by atoms with Crippen LogP contribution in [0.4, 0.5) is 0 Å². The van der Waals surface area contributed by atoms with Gasteiger partial charge < -0.3 is 4.90 Å². The van der Waals surface area contributed by atoms with Crippen molar-refractivity contribution in [3.63, 3.8) is 0 Å². The predicted octanol–water partition coefficient (Wildman–Crippen LogP) is 5.34. The van der Waals surface area contributed by atoms with Crippen LogP contribution in [0.1, 0.15) is 67.1 Å². The van der Waals surface area contributed by atoms with E-state index >= 15 is 0 Å². The third-order valence-corrected chi connectivity index (χ3v) is 3.90. The van der Waals surface area contributed by atoms with Gasteiger partial charge in [0.15, 0.2) is 6.29 Å². The highest BCUT2D eigenvalue weighted by Crippen LogP contribution is 2.26. The number of nitrogens with zero attached hydrogens (tertiary/aromatic N) is 1. The zero-order chi connectivity index (χ0) is 17.8. The van der Waals surface area contributed by atoms with E-state index in [1.165, 1.54) is 17.8 Å². The van der Waals surface area contributed by atoms with E-state index in [2.05, 4.69) is 46.1 Å². The van der Waals surface area contributed by atoms with Crippen molar-refractivity contribution in [3.8, 4) is 11.8 Å². The molecule has 0 radical (unpaired) electrons. The first-order valence-electron chi connectivity index (χ1n) is 8.32. The lowest BCUT2D eigenvalue weighted by atomic mass is 10.1. The second kappa shape index (κ2) is 12.1. The summed E-state index contributed by atoms with van der Waals surface area (Å²) in [7, 11) is 3.98. The first-order valence-corrected chi connectivity index (χ1v) is 9.14. The molecule has 0 saturated heterocycles. The lowest BCUT2D eigenvalue weighted by molar-refractivity contribution is 0.112. The molecule has 0 spiro atoms. The topological polar surface area (TPSA) is 20.3 Å².